The van der Waals surface area contributed by atoms with Crippen molar-refractivity contribution in [3.05, 3.63) is 27.3 Å². The summed E-state index contributed by atoms with van der Waals surface area (Å²) in [6, 6.07) is 4.91. The van der Waals surface area contributed by atoms with Crippen LogP contribution >= 0.6 is 22.6 Å². The van der Waals surface area contributed by atoms with E-state index in [9.17, 15) is 26.4 Å². The molecule has 0 unspecified atom stereocenters. The summed E-state index contributed by atoms with van der Waals surface area (Å²) in [4.78, 5) is 12.7. The number of alkyl halides is 3. The number of hydrogen-bond donors (Lipinski definition) is 1. The van der Waals surface area contributed by atoms with Crippen LogP contribution in [0.15, 0.2) is 18.2 Å². The second kappa shape index (κ2) is 6.55. The number of aromatic nitrogens is 1. The Balaban J connectivity index is 2.49. The predicted molar refractivity (Wildman–Crippen MR) is 82.3 cm³/mol. The van der Waals surface area contributed by atoms with Crippen LogP contribution in [0, 0.1) is 3.57 Å². The van der Waals surface area contributed by atoms with Gasteiger partial charge in [-0.1, -0.05) is 0 Å². The van der Waals surface area contributed by atoms with Crippen LogP contribution in [0.3, 0.4) is 0 Å². The number of hydrogen-bond acceptors (Lipinski definition) is 5. The number of H-pyrrole nitrogens is 1. The highest BCUT2D eigenvalue weighted by atomic mass is 127. The Morgan fingerprint density at radius 1 is 1.30 bits per heavy atom. The highest BCUT2D eigenvalue weighted by Crippen LogP contribution is 2.33. The summed E-state index contributed by atoms with van der Waals surface area (Å²) >= 11 is 2.00. The topological polar surface area (TPSA) is 85.5 Å². The molecule has 0 radical (unpaired) electrons. The van der Waals surface area contributed by atoms with Gasteiger partial charge in [-0.2, -0.15) is 21.6 Å². The second-order valence-corrected chi connectivity index (χ2v) is 7.11. The Morgan fingerprint density at radius 3 is 2.61 bits per heavy atom. The molecule has 2 rings (SSSR count). The smallest absolute Gasteiger partial charge is 0.468 e. The predicted octanol–water partition coefficient (Wildman–Crippen LogP) is 2.72. The minimum atomic E-state index is -5.81. The maximum absolute atomic E-state index is 12.5. The molecule has 0 aliphatic heterocycles. The molecule has 11 heteroatoms. The first kappa shape index (κ1) is 17.8. The SMILES string of the molecule is O=COCCc1c(OS(=O)(=O)C(F)(F)F)[nH]c2ccc(I)cc12. The number of ether oxygens (including phenoxy) is 1. The quantitative estimate of drug-likeness (QED) is 0.234. The zero-order valence-electron chi connectivity index (χ0n) is 11.2. The van der Waals surface area contributed by atoms with Crippen LogP contribution in [0.4, 0.5) is 13.2 Å². The molecular formula is C12H9F3INO5S. The molecule has 6 nitrogen and oxygen atoms in total. The standard InChI is InChI=1S/C12H9F3INO5S/c13-12(14,15)23(19,20)22-11-8(3-4-21-6-18)9-5-7(16)1-2-10(9)17-11/h1-2,5-6,17H,3-4H2. The molecule has 2 aromatic rings. The number of carbonyl (C=O) groups is 1. The van der Waals surface area contributed by atoms with Gasteiger partial charge in [-0.15, -0.1) is 0 Å². The average Bonchev–Trinajstić information content (AvgIpc) is 2.74. The zero-order valence-corrected chi connectivity index (χ0v) is 14.2. The lowest BCUT2D eigenvalue weighted by Gasteiger charge is -2.09. The molecule has 0 spiro atoms. The van der Waals surface area contributed by atoms with E-state index in [1.165, 1.54) is 0 Å². The summed E-state index contributed by atoms with van der Waals surface area (Å²) in [5, 5.41) is 0.485. The summed E-state index contributed by atoms with van der Waals surface area (Å²) in [6.45, 7) is 0.0515. The van der Waals surface area contributed by atoms with E-state index in [0.717, 1.165) is 3.57 Å². The molecule has 0 saturated carbocycles. The van der Waals surface area contributed by atoms with E-state index in [1.807, 2.05) is 22.6 Å². The molecule has 0 aliphatic rings. The molecule has 23 heavy (non-hydrogen) atoms. The first-order chi connectivity index (χ1) is 10.7. The molecule has 0 saturated heterocycles. The van der Waals surface area contributed by atoms with Crippen molar-refractivity contribution in [3.63, 3.8) is 0 Å². The van der Waals surface area contributed by atoms with Gasteiger partial charge in [0, 0.05) is 26.5 Å². The lowest BCUT2D eigenvalue weighted by Crippen LogP contribution is -2.28. The van der Waals surface area contributed by atoms with Crippen molar-refractivity contribution in [2.75, 3.05) is 6.61 Å². The van der Waals surface area contributed by atoms with Gasteiger partial charge in [-0.25, -0.2) is 0 Å². The molecular weight excluding hydrogens is 454 g/mol. The number of halogens is 4. The van der Waals surface area contributed by atoms with Crippen molar-refractivity contribution in [1.82, 2.24) is 4.98 Å². The van der Waals surface area contributed by atoms with Gasteiger partial charge in [0.2, 0.25) is 5.88 Å². The van der Waals surface area contributed by atoms with Gasteiger partial charge in [0.1, 0.15) is 0 Å². The van der Waals surface area contributed by atoms with Crippen LogP contribution in [-0.2, 0) is 26.1 Å². The van der Waals surface area contributed by atoms with Crippen molar-refractivity contribution in [2.24, 2.45) is 0 Å². The first-order valence-electron chi connectivity index (χ1n) is 6.02. The number of aromatic amines is 1. The Bertz CT molecular complexity index is 831. The van der Waals surface area contributed by atoms with E-state index < -0.39 is 21.5 Å². The third kappa shape index (κ3) is 3.88. The van der Waals surface area contributed by atoms with Crippen LogP contribution in [0.2, 0.25) is 0 Å². The van der Waals surface area contributed by atoms with Crippen molar-refractivity contribution in [3.8, 4) is 5.88 Å². The molecule has 1 heterocycles. The minimum Gasteiger partial charge on any atom is -0.468 e. The molecule has 126 valence electrons. The third-order valence-corrected chi connectivity index (χ3v) is 4.47. The molecule has 0 fully saturated rings. The summed E-state index contributed by atoms with van der Waals surface area (Å²) in [7, 11) is -5.81. The van der Waals surface area contributed by atoms with E-state index in [1.54, 1.807) is 18.2 Å². The number of benzene rings is 1. The van der Waals surface area contributed by atoms with E-state index in [-0.39, 0.29) is 25.1 Å². The van der Waals surface area contributed by atoms with Gasteiger partial charge in [0.25, 0.3) is 6.47 Å². The maximum Gasteiger partial charge on any atom is 0.534 e. The number of rotatable bonds is 6. The molecule has 0 amide bonds. The minimum absolute atomic E-state index is 0.0124. The van der Waals surface area contributed by atoms with E-state index in [0.29, 0.717) is 10.9 Å². The summed E-state index contributed by atoms with van der Waals surface area (Å²) in [5.41, 5.74) is -4.97. The van der Waals surface area contributed by atoms with Gasteiger partial charge in [-0.05, 0) is 40.8 Å². The number of fused-ring (bicyclic) bond motifs is 1. The number of carbonyl (C=O) groups excluding carboxylic acids is 1. The second-order valence-electron chi connectivity index (χ2n) is 4.32. The summed E-state index contributed by atoms with van der Waals surface area (Å²) in [6.07, 6.45) is -0.0124. The molecule has 0 aliphatic carbocycles. The average molecular weight is 463 g/mol. The fraction of sp³-hybridized carbons (Fsp3) is 0.250. The molecule has 0 atom stereocenters. The van der Waals surface area contributed by atoms with E-state index in [4.69, 9.17) is 0 Å². The van der Waals surface area contributed by atoms with Gasteiger partial charge >= 0.3 is 15.6 Å². The highest BCUT2D eigenvalue weighted by molar-refractivity contribution is 14.1. The van der Waals surface area contributed by atoms with Gasteiger partial charge in [0.05, 0.1) is 6.61 Å². The van der Waals surface area contributed by atoms with Gasteiger partial charge < -0.3 is 13.9 Å². The van der Waals surface area contributed by atoms with E-state index >= 15 is 0 Å². The largest absolute Gasteiger partial charge is 0.534 e. The Labute approximate surface area is 142 Å². The van der Waals surface area contributed by atoms with Crippen molar-refractivity contribution in [2.45, 2.75) is 11.9 Å². The van der Waals surface area contributed by atoms with Gasteiger partial charge in [-0.3, -0.25) is 4.79 Å². The zero-order chi connectivity index (χ0) is 17.3. The fourth-order valence-electron chi connectivity index (χ4n) is 1.88. The van der Waals surface area contributed by atoms with Crippen molar-refractivity contribution < 1.29 is 35.3 Å². The summed E-state index contributed by atoms with van der Waals surface area (Å²) in [5.74, 6) is -0.547. The number of nitrogens with one attached hydrogen (secondary N) is 1. The molecule has 0 bridgehead atoms. The van der Waals surface area contributed by atoms with Crippen LogP contribution in [0.25, 0.3) is 10.9 Å². The van der Waals surface area contributed by atoms with Gasteiger partial charge in [0.15, 0.2) is 0 Å². The first-order valence-corrected chi connectivity index (χ1v) is 8.50. The van der Waals surface area contributed by atoms with Crippen LogP contribution in [0.5, 0.6) is 5.88 Å². The fourth-order valence-corrected chi connectivity index (χ4v) is 2.83. The maximum atomic E-state index is 12.5. The Morgan fingerprint density at radius 2 is 2.00 bits per heavy atom. The van der Waals surface area contributed by atoms with Crippen molar-refractivity contribution >= 4 is 50.1 Å². The lowest BCUT2D eigenvalue weighted by atomic mass is 10.1. The molecule has 1 aromatic carbocycles. The Hall–Kier alpha value is -1.50. The molecule has 1 N–H and O–H groups in total. The normalized spacial score (nSPS) is 12.3. The molecule has 1 aromatic heterocycles. The van der Waals surface area contributed by atoms with Crippen LogP contribution < -0.4 is 4.18 Å². The Kier molecular flexibility index (Phi) is 5.08. The van der Waals surface area contributed by atoms with Crippen molar-refractivity contribution in [1.29, 1.82) is 0 Å². The van der Waals surface area contributed by atoms with E-state index in [2.05, 4.69) is 13.9 Å². The summed E-state index contributed by atoms with van der Waals surface area (Å²) < 4.78 is 69.3. The van der Waals surface area contributed by atoms with Crippen LogP contribution in [-0.4, -0.2) is 32.0 Å². The highest BCUT2D eigenvalue weighted by Gasteiger charge is 2.49. The third-order valence-electron chi connectivity index (χ3n) is 2.84. The monoisotopic (exact) mass is 463 g/mol. The lowest BCUT2D eigenvalue weighted by molar-refractivity contribution is -0.128. The van der Waals surface area contributed by atoms with Crippen LogP contribution in [0.1, 0.15) is 5.56 Å².